The van der Waals surface area contributed by atoms with E-state index in [2.05, 4.69) is 41.5 Å². The first-order valence-electron chi connectivity index (χ1n) is 13.5. The second kappa shape index (κ2) is 8.24. The van der Waals surface area contributed by atoms with Gasteiger partial charge in [-0.15, -0.1) is 0 Å². The summed E-state index contributed by atoms with van der Waals surface area (Å²) < 4.78 is 0. The predicted molar refractivity (Wildman–Crippen MR) is 128 cm³/mol. The molecule has 0 aliphatic heterocycles. The molecule has 3 fully saturated rings. The Kier molecular flexibility index (Phi) is 6.28. The van der Waals surface area contributed by atoms with E-state index in [0.717, 1.165) is 23.7 Å². The maximum Gasteiger partial charge on any atom is 0.0456 e. The molecular weight excluding hydrogens is 364 g/mol. The molecule has 4 aliphatic carbocycles. The Morgan fingerprint density at radius 3 is 2.43 bits per heavy atom. The second-order valence-electron chi connectivity index (χ2n) is 13.3. The summed E-state index contributed by atoms with van der Waals surface area (Å²) in [7, 11) is 0. The van der Waals surface area contributed by atoms with E-state index in [9.17, 15) is 5.11 Å². The summed E-state index contributed by atoms with van der Waals surface area (Å²) in [6.45, 7) is 15.6. The molecule has 3 saturated carbocycles. The van der Waals surface area contributed by atoms with Gasteiger partial charge in [0, 0.05) is 6.61 Å². The molecule has 1 N–H and O–H groups in total. The van der Waals surface area contributed by atoms with Gasteiger partial charge in [0.15, 0.2) is 0 Å². The summed E-state index contributed by atoms with van der Waals surface area (Å²) in [6, 6.07) is 0. The van der Waals surface area contributed by atoms with Gasteiger partial charge >= 0.3 is 0 Å². The number of allylic oxidation sites excluding steroid dienone is 2. The van der Waals surface area contributed by atoms with Crippen molar-refractivity contribution in [2.75, 3.05) is 6.61 Å². The molecule has 0 radical (unpaired) electrons. The van der Waals surface area contributed by atoms with Gasteiger partial charge in [0.1, 0.15) is 0 Å². The monoisotopic (exact) mass is 414 g/mol. The molecule has 0 spiro atoms. The largest absolute Gasteiger partial charge is 0.396 e. The number of hydrogen-bond acceptors (Lipinski definition) is 1. The van der Waals surface area contributed by atoms with Gasteiger partial charge in [0.2, 0.25) is 0 Å². The molecule has 2 unspecified atom stereocenters. The van der Waals surface area contributed by atoms with Crippen LogP contribution < -0.4 is 0 Å². The first-order valence-corrected chi connectivity index (χ1v) is 13.5. The van der Waals surface area contributed by atoms with Gasteiger partial charge in [-0.05, 0) is 104 Å². The molecule has 0 amide bonds. The van der Waals surface area contributed by atoms with Gasteiger partial charge in [-0.1, -0.05) is 72.0 Å². The highest BCUT2D eigenvalue weighted by Gasteiger charge is 2.57. The Bertz CT molecular complexity index is 659. The fourth-order valence-corrected chi connectivity index (χ4v) is 9.47. The third-order valence-electron chi connectivity index (χ3n) is 11.1. The van der Waals surface area contributed by atoms with Crippen LogP contribution in [0.2, 0.25) is 0 Å². The van der Waals surface area contributed by atoms with Crippen LogP contribution in [0.5, 0.6) is 0 Å². The number of aliphatic hydroxyl groups excluding tert-OH is 1. The minimum atomic E-state index is 0.351. The molecule has 4 aliphatic rings. The van der Waals surface area contributed by atoms with Crippen molar-refractivity contribution in [3.8, 4) is 0 Å². The third kappa shape index (κ3) is 3.64. The minimum Gasteiger partial charge on any atom is -0.396 e. The van der Waals surface area contributed by atoms with Gasteiger partial charge in [-0.25, -0.2) is 0 Å². The lowest BCUT2D eigenvalue weighted by molar-refractivity contribution is -0.0625. The standard InChI is InChI=1S/C29H50O/c1-20(19-30)9-7-10-21(2)23-12-13-24-22-11-14-26-27(3,4)16-8-17-29(26,6)25(22)15-18-28(23,24)5/h20-21,23,25-26,30H,7-19H2,1-6H3/t20?,21-,23-,25+,26?,28-,29-/m1/s1. The van der Waals surface area contributed by atoms with Crippen molar-refractivity contribution >= 4 is 0 Å². The van der Waals surface area contributed by atoms with Gasteiger partial charge < -0.3 is 5.11 Å². The third-order valence-corrected chi connectivity index (χ3v) is 11.1. The lowest BCUT2D eigenvalue weighted by Crippen LogP contribution is -2.51. The highest BCUT2D eigenvalue weighted by atomic mass is 16.3. The van der Waals surface area contributed by atoms with Crippen LogP contribution in [-0.2, 0) is 0 Å². The van der Waals surface area contributed by atoms with Crippen LogP contribution in [0.4, 0.5) is 0 Å². The topological polar surface area (TPSA) is 20.2 Å². The van der Waals surface area contributed by atoms with E-state index in [1.807, 2.05) is 11.1 Å². The maximum absolute atomic E-state index is 9.35. The van der Waals surface area contributed by atoms with E-state index in [0.29, 0.717) is 28.8 Å². The van der Waals surface area contributed by atoms with E-state index in [1.54, 1.807) is 0 Å². The Hall–Kier alpha value is -0.300. The summed E-state index contributed by atoms with van der Waals surface area (Å²) >= 11 is 0. The van der Waals surface area contributed by atoms with Crippen LogP contribution in [0.15, 0.2) is 11.1 Å². The first kappa shape index (κ1) is 22.9. The summed E-state index contributed by atoms with van der Waals surface area (Å²) in [5.74, 6) is 4.01. The zero-order valence-corrected chi connectivity index (χ0v) is 21.0. The molecule has 0 saturated heterocycles. The molecule has 30 heavy (non-hydrogen) atoms. The first-order chi connectivity index (χ1) is 14.1. The molecule has 0 bridgehead atoms. The smallest absolute Gasteiger partial charge is 0.0456 e. The molecular formula is C29H50O. The van der Waals surface area contributed by atoms with E-state index < -0.39 is 0 Å². The van der Waals surface area contributed by atoms with Crippen LogP contribution in [0.25, 0.3) is 0 Å². The molecule has 0 heterocycles. The van der Waals surface area contributed by atoms with Crippen molar-refractivity contribution in [1.82, 2.24) is 0 Å². The number of rotatable bonds is 6. The minimum absolute atomic E-state index is 0.351. The highest BCUT2D eigenvalue weighted by Crippen LogP contribution is 2.68. The maximum atomic E-state index is 9.35. The van der Waals surface area contributed by atoms with Crippen LogP contribution in [0.1, 0.15) is 119 Å². The lowest BCUT2D eigenvalue weighted by Gasteiger charge is -2.60. The quantitative estimate of drug-likeness (QED) is 0.434. The molecule has 0 aromatic carbocycles. The van der Waals surface area contributed by atoms with Gasteiger partial charge in [0.25, 0.3) is 0 Å². The van der Waals surface area contributed by atoms with E-state index in [4.69, 9.17) is 0 Å². The Morgan fingerprint density at radius 2 is 1.70 bits per heavy atom. The van der Waals surface area contributed by atoms with Crippen LogP contribution in [0.3, 0.4) is 0 Å². The zero-order valence-electron chi connectivity index (χ0n) is 21.0. The van der Waals surface area contributed by atoms with Crippen molar-refractivity contribution in [3.05, 3.63) is 11.1 Å². The number of fused-ring (bicyclic) bond motifs is 4. The molecule has 1 nitrogen and oxygen atoms in total. The van der Waals surface area contributed by atoms with Crippen molar-refractivity contribution in [3.63, 3.8) is 0 Å². The Morgan fingerprint density at radius 1 is 0.933 bits per heavy atom. The predicted octanol–water partition coefficient (Wildman–Crippen LogP) is 8.17. The zero-order chi connectivity index (χ0) is 21.7. The summed E-state index contributed by atoms with van der Waals surface area (Å²) in [5.41, 5.74) is 5.50. The number of hydrogen-bond donors (Lipinski definition) is 1. The van der Waals surface area contributed by atoms with Crippen LogP contribution >= 0.6 is 0 Å². The SMILES string of the molecule is CC(CO)CCC[C@@H](C)[C@H]1CCC2=C3CCC4C(C)(C)CCC[C@]4(C)[C@H]3CC[C@@]21C. The highest BCUT2D eigenvalue weighted by molar-refractivity contribution is 5.35. The average molecular weight is 415 g/mol. The van der Waals surface area contributed by atoms with Crippen molar-refractivity contribution < 1.29 is 5.11 Å². The van der Waals surface area contributed by atoms with Gasteiger partial charge in [-0.3, -0.25) is 0 Å². The molecule has 1 heteroatoms. The summed E-state index contributed by atoms with van der Waals surface area (Å²) in [5, 5.41) is 9.35. The molecule has 0 aromatic heterocycles. The van der Waals surface area contributed by atoms with E-state index in [1.165, 1.54) is 77.0 Å². The van der Waals surface area contributed by atoms with E-state index in [-0.39, 0.29) is 0 Å². The van der Waals surface area contributed by atoms with Crippen molar-refractivity contribution in [2.45, 2.75) is 119 Å². The second-order valence-corrected chi connectivity index (χ2v) is 13.3. The summed E-state index contributed by atoms with van der Waals surface area (Å²) in [6.07, 6.45) is 16.8. The fourth-order valence-electron chi connectivity index (χ4n) is 9.47. The molecule has 7 atom stereocenters. The summed E-state index contributed by atoms with van der Waals surface area (Å²) in [4.78, 5) is 0. The molecule has 4 rings (SSSR count). The van der Waals surface area contributed by atoms with Crippen molar-refractivity contribution in [2.24, 2.45) is 45.8 Å². The van der Waals surface area contributed by atoms with Gasteiger partial charge in [-0.2, -0.15) is 0 Å². The van der Waals surface area contributed by atoms with Crippen LogP contribution in [0, 0.1) is 45.8 Å². The van der Waals surface area contributed by atoms with Gasteiger partial charge in [0.05, 0.1) is 0 Å². The van der Waals surface area contributed by atoms with Crippen molar-refractivity contribution in [1.29, 1.82) is 0 Å². The molecule has 0 aromatic rings. The normalized spacial score (nSPS) is 42.3. The number of aliphatic hydroxyl groups is 1. The molecule has 172 valence electrons. The van der Waals surface area contributed by atoms with Crippen LogP contribution in [-0.4, -0.2) is 11.7 Å². The lowest BCUT2D eigenvalue weighted by atomic mass is 9.44. The Labute approximate surface area is 187 Å². The van der Waals surface area contributed by atoms with E-state index >= 15 is 0 Å². The average Bonchev–Trinajstić information content (AvgIpc) is 3.04. The fraction of sp³-hybridized carbons (Fsp3) is 0.931. The Balaban J connectivity index is 1.53.